The summed E-state index contributed by atoms with van der Waals surface area (Å²) in [4.78, 5) is 24.7. The second-order valence-electron chi connectivity index (χ2n) is 8.49. The number of aromatic nitrogens is 2. The third-order valence-corrected chi connectivity index (χ3v) is 6.18. The Morgan fingerprint density at radius 1 is 1.12 bits per heavy atom. The molecule has 1 N–H and O–H groups in total. The number of nitrogens with one attached hydrogen (secondary N) is 1. The SMILES string of the molecule is C=CCNC(=O)[C@@]1(Cc2ccccc2-c2cccnc2)CCCN(Cc2ccccn2)C1. The predicted molar refractivity (Wildman–Crippen MR) is 128 cm³/mol. The van der Waals surface area contributed by atoms with E-state index in [4.69, 9.17) is 0 Å². The van der Waals surface area contributed by atoms with Gasteiger partial charge in [-0.2, -0.15) is 0 Å². The zero-order valence-electron chi connectivity index (χ0n) is 18.4. The third kappa shape index (κ3) is 5.11. The highest BCUT2D eigenvalue weighted by molar-refractivity contribution is 5.84. The molecule has 5 heteroatoms. The summed E-state index contributed by atoms with van der Waals surface area (Å²) in [5.74, 6) is 0.101. The number of pyridine rings is 2. The van der Waals surface area contributed by atoms with E-state index >= 15 is 0 Å². The Balaban J connectivity index is 1.64. The van der Waals surface area contributed by atoms with Crippen molar-refractivity contribution in [1.29, 1.82) is 0 Å². The van der Waals surface area contributed by atoms with Gasteiger partial charge in [-0.25, -0.2) is 0 Å². The standard InChI is InChI=1S/C27H30N4O/c1-2-14-30-26(32)27(13-8-17-31(21-27)20-24-11-5-6-16-29-24)18-22-9-3-4-12-25(22)23-10-7-15-28-19-23/h2-7,9-12,15-16,19H,1,8,13-14,17-18,20-21H2,(H,30,32)/t27-/m1/s1. The molecule has 1 amide bonds. The van der Waals surface area contributed by atoms with Gasteiger partial charge in [-0.05, 0) is 55.1 Å². The number of amides is 1. The summed E-state index contributed by atoms with van der Waals surface area (Å²) in [6, 6.07) is 18.4. The fourth-order valence-corrected chi connectivity index (χ4v) is 4.69. The van der Waals surface area contributed by atoms with Gasteiger partial charge in [-0.15, -0.1) is 6.58 Å². The maximum Gasteiger partial charge on any atom is 0.228 e. The molecule has 164 valence electrons. The molecule has 1 aliphatic heterocycles. The summed E-state index contributed by atoms with van der Waals surface area (Å²) in [5.41, 5.74) is 3.91. The van der Waals surface area contributed by atoms with Crippen molar-refractivity contribution in [1.82, 2.24) is 20.2 Å². The monoisotopic (exact) mass is 426 g/mol. The minimum atomic E-state index is -0.506. The van der Waals surface area contributed by atoms with Gasteiger partial charge in [-0.3, -0.25) is 19.7 Å². The van der Waals surface area contributed by atoms with E-state index in [2.05, 4.69) is 51.0 Å². The van der Waals surface area contributed by atoms with Crippen LogP contribution in [-0.4, -0.2) is 40.4 Å². The van der Waals surface area contributed by atoms with Crippen LogP contribution in [0.5, 0.6) is 0 Å². The lowest BCUT2D eigenvalue weighted by Gasteiger charge is -2.42. The van der Waals surface area contributed by atoms with Crippen molar-refractivity contribution in [2.24, 2.45) is 5.41 Å². The molecular formula is C27H30N4O. The minimum absolute atomic E-state index is 0.101. The summed E-state index contributed by atoms with van der Waals surface area (Å²) < 4.78 is 0. The van der Waals surface area contributed by atoms with Gasteiger partial charge >= 0.3 is 0 Å². The van der Waals surface area contributed by atoms with Gasteiger partial charge in [0.15, 0.2) is 0 Å². The second-order valence-corrected chi connectivity index (χ2v) is 8.49. The van der Waals surface area contributed by atoms with Crippen LogP contribution in [-0.2, 0) is 17.8 Å². The molecule has 0 bridgehead atoms. The van der Waals surface area contributed by atoms with Crippen LogP contribution in [0, 0.1) is 5.41 Å². The number of piperidine rings is 1. The molecule has 1 saturated heterocycles. The van der Waals surface area contributed by atoms with Crippen molar-refractivity contribution in [3.05, 3.63) is 97.1 Å². The number of rotatable bonds is 8. The van der Waals surface area contributed by atoms with Crippen LogP contribution in [0.3, 0.4) is 0 Å². The van der Waals surface area contributed by atoms with E-state index in [1.165, 1.54) is 5.56 Å². The highest BCUT2D eigenvalue weighted by Crippen LogP contribution is 2.37. The molecule has 0 aliphatic carbocycles. The van der Waals surface area contributed by atoms with E-state index < -0.39 is 5.41 Å². The minimum Gasteiger partial charge on any atom is -0.352 e. The zero-order valence-corrected chi connectivity index (χ0v) is 18.4. The average molecular weight is 427 g/mol. The molecule has 1 aliphatic rings. The van der Waals surface area contributed by atoms with E-state index in [1.54, 1.807) is 12.3 Å². The quantitative estimate of drug-likeness (QED) is 0.547. The first-order valence-corrected chi connectivity index (χ1v) is 11.2. The van der Waals surface area contributed by atoms with E-state index in [0.29, 0.717) is 19.5 Å². The molecular weight excluding hydrogens is 396 g/mol. The first kappa shape index (κ1) is 21.9. The van der Waals surface area contributed by atoms with E-state index in [1.807, 2.05) is 42.7 Å². The third-order valence-electron chi connectivity index (χ3n) is 6.18. The Bertz CT molecular complexity index is 1040. The molecule has 0 radical (unpaired) electrons. The maximum atomic E-state index is 13.5. The molecule has 3 aromatic rings. The number of nitrogens with zero attached hydrogens (tertiary/aromatic N) is 3. The predicted octanol–water partition coefficient (Wildman–Crippen LogP) is 4.27. The van der Waals surface area contributed by atoms with Crippen LogP contribution >= 0.6 is 0 Å². The smallest absolute Gasteiger partial charge is 0.228 e. The Labute approximate surface area is 190 Å². The maximum absolute atomic E-state index is 13.5. The van der Waals surface area contributed by atoms with Crippen molar-refractivity contribution >= 4 is 5.91 Å². The zero-order chi connectivity index (χ0) is 22.2. The number of hydrogen-bond acceptors (Lipinski definition) is 4. The fourth-order valence-electron chi connectivity index (χ4n) is 4.69. The molecule has 0 spiro atoms. The Morgan fingerprint density at radius 3 is 2.78 bits per heavy atom. The number of likely N-dealkylation sites (tertiary alicyclic amines) is 1. The highest BCUT2D eigenvalue weighted by atomic mass is 16.2. The van der Waals surface area contributed by atoms with Crippen LogP contribution in [0.15, 0.2) is 85.8 Å². The molecule has 2 aromatic heterocycles. The lowest BCUT2D eigenvalue weighted by atomic mass is 9.73. The van der Waals surface area contributed by atoms with E-state index in [-0.39, 0.29) is 5.91 Å². The molecule has 1 aromatic carbocycles. The molecule has 4 rings (SSSR count). The van der Waals surface area contributed by atoms with Crippen LogP contribution < -0.4 is 5.32 Å². The summed E-state index contributed by atoms with van der Waals surface area (Å²) in [6.07, 6.45) is 9.75. The lowest BCUT2D eigenvalue weighted by Crippen LogP contribution is -2.53. The molecule has 32 heavy (non-hydrogen) atoms. The largest absolute Gasteiger partial charge is 0.352 e. The summed E-state index contributed by atoms with van der Waals surface area (Å²) in [7, 11) is 0. The fraction of sp³-hybridized carbons (Fsp3) is 0.296. The van der Waals surface area contributed by atoms with Gasteiger partial charge in [0.1, 0.15) is 0 Å². The van der Waals surface area contributed by atoms with Crippen molar-refractivity contribution in [3.8, 4) is 11.1 Å². The first-order valence-electron chi connectivity index (χ1n) is 11.2. The first-order chi connectivity index (χ1) is 15.7. The highest BCUT2D eigenvalue weighted by Gasteiger charge is 2.42. The van der Waals surface area contributed by atoms with Gasteiger partial charge in [0.25, 0.3) is 0 Å². The van der Waals surface area contributed by atoms with Gasteiger partial charge in [0.2, 0.25) is 5.91 Å². The van der Waals surface area contributed by atoms with Gasteiger partial charge in [0, 0.05) is 43.8 Å². The second kappa shape index (κ2) is 10.3. The summed E-state index contributed by atoms with van der Waals surface area (Å²) in [5, 5.41) is 3.10. The Hall–Kier alpha value is -3.31. The number of carbonyl (C=O) groups is 1. The van der Waals surface area contributed by atoms with Crippen molar-refractivity contribution in [3.63, 3.8) is 0 Å². The van der Waals surface area contributed by atoms with Gasteiger partial charge in [-0.1, -0.05) is 42.5 Å². The average Bonchev–Trinajstić information content (AvgIpc) is 2.84. The van der Waals surface area contributed by atoms with Crippen molar-refractivity contribution in [2.45, 2.75) is 25.8 Å². The molecule has 1 fully saturated rings. The molecule has 0 saturated carbocycles. The topological polar surface area (TPSA) is 58.1 Å². The van der Waals surface area contributed by atoms with Crippen LogP contribution in [0.1, 0.15) is 24.1 Å². The van der Waals surface area contributed by atoms with Crippen molar-refractivity contribution < 1.29 is 4.79 Å². The summed E-state index contributed by atoms with van der Waals surface area (Å²) >= 11 is 0. The molecule has 0 unspecified atom stereocenters. The normalized spacial score (nSPS) is 18.8. The Morgan fingerprint density at radius 2 is 2.00 bits per heavy atom. The number of hydrogen-bond donors (Lipinski definition) is 1. The van der Waals surface area contributed by atoms with Crippen molar-refractivity contribution in [2.75, 3.05) is 19.6 Å². The van der Waals surface area contributed by atoms with Crippen LogP contribution in [0.25, 0.3) is 11.1 Å². The number of carbonyl (C=O) groups excluding carboxylic acids is 1. The van der Waals surface area contributed by atoms with Gasteiger partial charge < -0.3 is 5.32 Å². The van der Waals surface area contributed by atoms with Gasteiger partial charge in [0.05, 0.1) is 11.1 Å². The summed E-state index contributed by atoms with van der Waals surface area (Å²) in [6.45, 7) is 6.67. The lowest BCUT2D eigenvalue weighted by molar-refractivity contribution is -0.134. The number of benzene rings is 1. The molecule has 3 heterocycles. The van der Waals surface area contributed by atoms with Crippen LogP contribution in [0.4, 0.5) is 0 Å². The van der Waals surface area contributed by atoms with E-state index in [9.17, 15) is 4.79 Å². The Kier molecular flexibility index (Phi) is 7.07. The molecule has 1 atom stereocenters. The van der Waals surface area contributed by atoms with E-state index in [0.717, 1.165) is 42.8 Å². The molecule has 5 nitrogen and oxygen atoms in total. The van der Waals surface area contributed by atoms with Crippen LogP contribution in [0.2, 0.25) is 0 Å².